The Morgan fingerprint density at radius 3 is 2.62 bits per heavy atom. The highest BCUT2D eigenvalue weighted by molar-refractivity contribution is 7.94. The van der Waals surface area contributed by atoms with Gasteiger partial charge in [-0.2, -0.15) is 0 Å². The van der Waals surface area contributed by atoms with Gasteiger partial charge in [-0.3, -0.25) is 4.99 Å². The summed E-state index contributed by atoms with van der Waals surface area (Å²) >= 11 is 0. The van der Waals surface area contributed by atoms with Gasteiger partial charge in [-0.15, -0.1) is 0 Å². The van der Waals surface area contributed by atoms with Crippen molar-refractivity contribution in [1.82, 2.24) is 0 Å². The van der Waals surface area contributed by atoms with Crippen LogP contribution in [0.1, 0.15) is 19.4 Å². The van der Waals surface area contributed by atoms with Crippen molar-refractivity contribution in [3.8, 4) is 5.75 Å². The molecule has 0 bridgehead atoms. The molecule has 114 valence electrons. The number of aliphatic imine (C=N–C) groups is 1. The SMILES string of the molecule is CCN(CC)c1ccc(C=N[C@@H]2C=CS(=O)(=O)C2)c(O)c1. The number of rotatable bonds is 5. The van der Waals surface area contributed by atoms with E-state index in [0.29, 0.717) is 5.56 Å². The molecule has 0 spiro atoms. The second-order valence-corrected chi connectivity index (χ2v) is 6.85. The molecule has 1 aromatic carbocycles. The summed E-state index contributed by atoms with van der Waals surface area (Å²) < 4.78 is 22.6. The number of benzene rings is 1. The average molecular weight is 308 g/mol. The largest absolute Gasteiger partial charge is 0.507 e. The summed E-state index contributed by atoms with van der Waals surface area (Å²) in [6, 6.07) is 5.06. The smallest absolute Gasteiger partial charge is 0.173 e. The first-order chi connectivity index (χ1) is 9.95. The van der Waals surface area contributed by atoms with Gasteiger partial charge in [-0.1, -0.05) is 0 Å². The van der Waals surface area contributed by atoms with Crippen molar-refractivity contribution < 1.29 is 13.5 Å². The van der Waals surface area contributed by atoms with E-state index in [1.165, 1.54) is 11.6 Å². The Morgan fingerprint density at radius 1 is 1.38 bits per heavy atom. The van der Waals surface area contributed by atoms with Gasteiger partial charge in [0.2, 0.25) is 0 Å². The highest BCUT2D eigenvalue weighted by Gasteiger charge is 2.20. The van der Waals surface area contributed by atoms with Crippen molar-refractivity contribution in [2.45, 2.75) is 19.9 Å². The lowest BCUT2D eigenvalue weighted by atomic mass is 10.1. The first-order valence-electron chi connectivity index (χ1n) is 6.97. The van der Waals surface area contributed by atoms with Gasteiger partial charge in [0.05, 0.1) is 11.8 Å². The summed E-state index contributed by atoms with van der Waals surface area (Å²) in [5, 5.41) is 11.2. The van der Waals surface area contributed by atoms with Gasteiger partial charge in [0.25, 0.3) is 0 Å². The van der Waals surface area contributed by atoms with Crippen molar-refractivity contribution in [2.75, 3.05) is 23.7 Å². The molecule has 5 nitrogen and oxygen atoms in total. The zero-order chi connectivity index (χ0) is 15.5. The molecule has 21 heavy (non-hydrogen) atoms. The molecule has 2 rings (SSSR count). The van der Waals surface area contributed by atoms with Crippen LogP contribution in [-0.4, -0.2) is 44.6 Å². The second kappa shape index (κ2) is 6.30. The summed E-state index contributed by atoms with van der Waals surface area (Å²) in [6.07, 6.45) is 3.09. The molecule has 1 aliphatic heterocycles. The second-order valence-electron chi connectivity index (χ2n) is 4.92. The van der Waals surface area contributed by atoms with Crippen LogP contribution in [0.15, 0.2) is 34.7 Å². The molecule has 0 aromatic heterocycles. The quantitative estimate of drug-likeness (QED) is 0.844. The molecule has 6 heteroatoms. The number of hydrogen-bond acceptors (Lipinski definition) is 5. The van der Waals surface area contributed by atoms with Gasteiger partial charge in [0.15, 0.2) is 9.84 Å². The van der Waals surface area contributed by atoms with Crippen LogP contribution < -0.4 is 4.90 Å². The van der Waals surface area contributed by atoms with Gasteiger partial charge in [0.1, 0.15) is 5.75 Å². The van der Waals surface area contributed by atoms with Crippen LogP contribution in [0, 0.1) is 0 Å². The molecule has 0 unspecified atom stereocenters. The third-order valence-electron chi connectivity index (χ3n) is 3.46. The molecule has 1 aliphatic rings. The van der Waals surface area contributed by atoms with Gasteiger partial charge >= 0.3 is 0 Å². The fourth-order valence-electron chi connectivity index (χ4n) is 2.25. The molecule has 0 saturated carbocycles. The van der Waals surface area contributed by atoms with Gasteiger partial charge in [-0.25, -0.2) is 8.42 Å². The van der Waals surface area contributed by atoms with Crippen LogP contribution in [0.5, 0.6) is 5.75 Å². The van der Waals surface area contributed by atoms with Crippen LogP contribution in [0.2, 0.25) is 0 Å². The van der Waals surface area contributed by atoms with Gasteiger partial charge in [0, 0.05) is 42.0 Å². The number of phenols is 1. The minimum Gasteiger partial charge on any atom is -0.507 e. The predicted octanol–water partition coefficient (Wildman–Crippen LogP) is 1.97. The molecule has 1 atom stereocenters. The van der Waals surface area contributed by atoms with Crippen LogP contribution in [0.3, 0.4) is 0 Å². The lowest BCUT2D eigenvalue weighted by molar-refractivity contribution is 0.474. The molecular weight excluding hydrogens is 288 g/mol. The van der Waals surface area contributed by atoms with Crippen molar-refractivity contribution in [3.05, 3.63) is 35.2 Å². The Bertz CT molecular complexity index is 661. The number of hydrogen-bond donors (Lipinski definition) is 1. The monoisotopic (exact) mass is 308 g/mol. The van der Waals surface area contributed by atoms with Crippen molar-refractivity contribution in [3.63, 3.8) is 0 Å². The molecule has 1 aromatic rings. The highest BCUT2D eigenvalue weighted by atomic mass is 32.2. The third-order valence-corrected chi connectivity index (χ3v) is 4.84. The summed E-state index contributed by atoms with van der Waals surface area (Å²) in [6.45, 7) is 5.85. The maximum absolute atomic E-state index is 11.3. The predicted molar refractivity (Wildman–Crippen MR) is 86.0 cm³/mol. The lowest BCUT2D eigenvalue weighted by Gasteiger charge is -2.21. The van der Waals surface area contributed by atoms with E-state index in [0.717, 1.165) is 18.8 Å². The Morgan fingerprint density at radius 2 is 2.10 bits per heavy atom. The molecule has 0 fully saturated rings. The number of nitrogens with zero attached hydrogens (tertiary/aromatic N) is 2. The first kappa shape index (κ1) is 15.6. The fraction of sp³-hybridized carbons (Fsp3) is 0.400. The maximum atomic E-state index is 11.3. The summed E-state index contributed by atoms with van der Waals surface area (Å²) in [4.78, 5) is 6.33. The maximum Gasteiger partial charge on any atom is 0.173 e. The van der Waals surface area contributed by atoms with E-state index < -0.39 is 9.84 Å². The van der Waals surface area contributed by atoms with E-state index in [2.05, 4.69) is 23.7 Å². The highest BCUT2D eigenvalue weighted by Crippen LogP contribution is 2.24. The Kier molecular flexibility index (Phi) is 4.67. The van der Waals surface area contributed by atoms with E-state index in [1.807, 2.05) is 6.07 Å². The molecule has 0 radical (unpaired) electrons. The van der Waals surface area contributed by atoms with E-state index in [1.54, 1.807) is 18.2 Å². The number of aromatic hydroxyl groups is 1. The van der Waals surface area contributed by atoms with Gasteiger partial charge in [-0.05, 0) is 32.1 Å². The minimum atomic E-state index is -3.10. The number of phenolic OH excluding ortho intramolecular Hbond substituents is 1. The summed E-state index contributed by atoms with van der Waals surface area (Å²) in [5.41, 5.74) is 1.54. The van der Waals surface area contributed by atoms with Crippen molar-refractivity contribution >= 4 is 21.7 Å². The van der Waals surface area contributed by atoms with E-state index in [4.69, 9.17) is 0 Å². The Hall–Kier alpha value is -1.82. The zero-order valence-corrected chi connectivity index (χ0v) is 13.0. The molecule has 0 aliphatic carbocycles. The number of sulfone groups is 1. The van der Waals surface area contributed by atoms with Crippen molar-refractivity contribution in [1.29, 1.82) is 0 Å². The van der Waals surface area contributed by atoms with E-state index in [-0.39, 0.29) is 17.5 Å². The molecule has 1 heterocycles. The van der Waals surface area contributed by atoms with Crippen LogP contribution >= 0.6 is 0 Å². The van der Waals surface area contributed by atoms with Crippen molar-refractivity contribution in [2.24, 2.45) is 4.99 Å². The topological polar surface area (TPSA) is 70.0 Å². The van der Waals surface area contributed by atoms with E-state index >= 15 is 0 Å². The zero-order valence-electron chi connectivity index (χ0n) is 12.2. The molecule has 1 N–H and O–H groups in total. The summed E-state index contributed by atoms with van der Waals surface area (Å²) in [7, 11) is -3.10. The molecular formula is C15H20N2O3S. The van der Waals surface area contributed by atoms with Gasteiger partial charge < -0.3 is 10.0 Å². The summed E-state index contributed by atoms with van der Waals surface area (Å²) in [5.74, 6) is 0.148. The van der Waals surface area contributed by atoms with Crippen LogP contribution in [0.25, 0.3) is 0 Å². The fourth-order valence-corrected chi connectivity index (χ4v) is 3.46. The lowest BCUT2D eigenvalue weighted by Crippen LogP contribution is -2.21. The minimum absolute atomic E-state index is 0.00178. The molecule has 0 saturated heterocycles. The number of anilines is 1. The average Bonchev–Trinajstić information content (AvgIpc) is 2.79. The normalized spacial score (nSPS) is 20.2. The Labute approximate surface area is 125 Å². The first-order valence-corrected chi connectivity index (χ1v) is 8.69. The Balaban J connectivity index is 2.13. The standard InChI is InChI=1S/C15H20N2O3S/c1-3-17(4-2)14-6-5-12(15(18)9-14)10-16-13-7-8-21(19,20)11-13/h5-10,13,18H,3-4,11H2,1-2H3/t13-/m1/s1. The molecule has 0 amide bonds. The van der Waals surface area contributed by atoms with E-state index in [9.17, 15) is 13.5 Å². The van der Waals surface area contributed by atoms with Crippen LogP contribution in [-0.2, 0) is 9.84 Å². The third kappa shape index (κ3) is 3.85. The van der Waals surface area contributed by atoms with Crippen LogP contribution in [0.4, 0.5) is 5.69 Å².